The summed E-state index contributed by atoms with van der Waals surface area (Å²) in [6.45, 7) is 7.48. The van der Waals surface area contributed by atoms with Gasteiger partial charge in [0.25, 0.3) is 0 Å². The van der Waals surface area contributed by atoms with E-state index in [1.807, 2.05) is 38.2 Å². The second-order valence-corrected chi connectivity index (χ2v) is 6.08. The first-order chi connectivity index (χ1) is 12.7. The van der Waals surface area contributed by atoms with Gasteiger partial charge in [-0.1, -0.05) is 6.07 Å². The minimum absolute atomic E-state index is 0.246. The van der Waals surface area contributed by atoms with Crippen molar-refractivity contribution in [3.8, 4) is 0 Å². The summed E-state index contributed by atoms with van der Waals surface area (Å²) in [6.07, 6.45) is 3.32. The molecule has 0 aromatic carbocycles. The smallest absolute Gasteiger partial charge is 0.409 e. The van der Waals surface area contributed by atoms with Crippen LogP contribution in [0.2, 0.25) is 0 Å². The molecule has 1 N–H and O–H groups in total. The van der Waals surface area contributed by atoms with Gasteiger partial charge >= 0.3 is 6.09 Å². The molecule has 3 rings (SSSR count). The summed E-state index contributed by atoms with van der Waals surface area (Å²) >= 11 is 0. The van der Waals surface area contributed by atoms with Crippen LogP contribution in [0.15, 0.2) is 30.6 Å². The van der Waals surface area contributed by atoms with E-state index in [1.54, 1.807) is 11.1 Å². The Bertz CT molecular complexity index is 732. The van der Waals surface area contributed by atoms with Gasteiger partial charge < -0.3 is 19.9 Å². The third kappa shape index (κ3) is 4.59. The number of ether oxygens (including phenoxy) is 1. The zero-order chi connectivity index (χ0) is 18.4. The minimum atomic E-state index is -0.246. The van der Waals surface area contributed by atoms with E-state index in [2.05, 4.69) is 25.2 Å². The number of anilines is 2. The lowest BCUT2D eigenvalue weighted by Crippen LogP contribution is -2.49. The quantitative estimate of drug-likeness (QED) is 0.878. The molecule has 138 valence electrons. The third-order valence-electron chi connectivity index (χ3n) is 4.14. The van der Waals surface area contributed by atoms with E-state index in [-0.39, 0.29) is 6.09 Å². The Kier molecular flexibility index (Phi) is 5.83. The SMILES string of the molecule is CCOC(=O)N1CCN(c2cc(C)nc(NCc3cccnc3)n2)CC1. The number of aromatic nitrogens is 3. The first-order valence-corrected chi connectivity index (χ1v) is 8.81. The van der Waals surface area contributed by atoms with Crippen molar-refractivity contribution in [2.75, 3.05) is 43.0 Å². The lowest BCUT2D eigenvalue weighted by atomic mass is 10.3. The molecule has 0 bridgehead atoms. The van der Waals surface area contributed by atoms with E-state index in [0.29, 0.717) is 32.2 Å². The molecule has 0 atom stereocenters. The summed E-state index contributed by atoms with van der Waals surface area (Å²) in [6, 6.07) is 5.88. The first-order valence-electron chi connectivity index (χ1n) is 8.81. The Morgan fingerprint density at radius 2 is 2.08 bits per heavy atom. The molecule has 0 spiro atoms. The van der Waals surface area contributed by atoms with Gasteiger partial charge in [0.15, 0.2) is 0 Å². The highest BCUT2D eigenvalue weighted by Gasteiger charge is 2.23. The molecule has 1 saturated heterocycles. The van der Waals surface area contributed by atoms with Gasteiger partial charge in [0.2, 0.25) is 5.95 Å². The van der Waals surface area contributed by atoms with Crippen LogP contribution in [0, 0.1) is 6.92 Å². The zero-order valence-corrected chi connectivity index (χ0v) is 15.2. The van der Waals surface area contributed by atoms with Crippen LogP contribution < -0.4 is 10.2 Å². The van der Waals surface area contributed by atoms with Crippen LogP contribution in [0.1, 0.15) is 18.2 Å². The highest BCUT2D eigenvalue weighted by atomic mass is 16.6. The van der Waals surface area contributed by atoms with Crippen LogP contribution in [-0.4, -0.2) is 58.7 Å². The predicted molar refractivity (Wildman–Crippen MR) is 99.1 cm³/mol. The van der Waals surface area contributed by atoms with Crippen molar-refractivity contribution in [1.29, 1.82) is 0 Å². The Morgan fingerprint density at radius 1 is 1.27 bits per heavy atom. The van der Waals surface area contributed by atoms with Crippen LogP contribution in [0.25, 0.3) is 0 Å². The van der Waals surface area contributed by atoms with E-state index in [9.17, 15) is 4.79 Å². The van der Waals surface area contributed by atoms with Crippen molar-refractivity contribution in [1.82, 2.24) is 19.9 Å². The molecule has 2 aromatic rings. The molecule has 0 radical (unpaired) electrons. The van der Waals surface area contributed by atoms with E-state index in [1.165, 1.54) is 0 Å². The predicted octanol–water partition coefficient (Wildman–Crippen LogP) is 2.07. The number of pyridine rings is 1. The number of aryl methyl sites for hydroxylation is 1. The Hall–Kier alpha value is -2.90. The van der Waals surface area contributed by atoms with Crippen molar-refractivity contribution < 1.29 is 9.53 Å². The topological polar surface area (TPSA) is 83.5 Å². The summed E-state index contributed by atoms with van der Waals surface area (Å²) in [5, 5.41) is 3.25. The highest BCUT2D eigenvalue weighted by molar-refractivity contribution is 5.68. The number of piperazine rings is 1. The second kappa shape index (κ2) is 8.46. The Labute approximate surface area is 153 Å². The molecule has 1 fully saturated rings. The van der Waals surface area contributed by atoms with Gasteiger partial charge in [-0.05, 0) is 25.5 Å². The lowest BCUT2D eigenvalue weighted by Gasteiger charge is -2.34. The largest absolute Gasteiger partial charge is 0.450 e. The molecule has 3 heterocycles. The zero-order valence-electron chi connectivity index (χ0n) is 15.2. The molecule has 0 saturated carbocycles. The maximum atomic E-state index is 11.8. The number of nitrogens with one attached hydrogen (secondary N) is 1. The molecule has 1 aliphatic rings. The van der Waals surface area contributed by atoms with Crippen LogP contribution in [-0.2, 0) is 11.3 Å². The Morgan fingerprint density at radius 3 is 2.77 bits per heavy atom. The van der Waals surface area contributed by atoms with Gasteiger partial charge in [0.1, 0.15) is 5.82 Å². The van der Waals surface area contributed by atoms with E-state index in [0.717, 1.165) is 30.2 Å². The average molecular weight is 356 g/mol. The number of nitrogens with zero attached hydrogens (tertiary/aromatic N) is 5. The van der Waals surface area contributed by atoms with Crippen molar-refractivity contribution >= 4 is 17.9 Å². The molecule has 2 aromatic heterocycles. The van der Waals surface area contributed by atoms with Gasteiger partial charge in [0, 0.05) is 56.9 Å². The molecule has 0 aliphatic carbocycles. The van der Waals surface area contributed by atoms with Crippen molar-refractivity contribution in [2.45, 2.75) is 20.4 Å². The number of hydrogen-bond donors (Lipinski definition) is 1. The molecule has 26 heavy (non-hydrogen) atoms. The van der Waals surface area contributed by atoms with Gasteiger partial charge in [-0.15, -0.1) is 0 Å². The summed E-state index contributed by atoms with van der Waals surface area (Å²) in [7, 11) is 0. The van der Waals surface area contributed by atoms with Crippen LogP contribution >= 0.6 is 0 Å². The average Bonchev–Trinajstić information content (AvgIpc) is 2.67. The fraction of sp³-hybridized carbons (Fsp3) is 0.444. The third-order valence-corrected chi connectivity index (χ3v) is 4.14. The molecule has 8 heteroatoms. The number of amides is 1. The number of hydrogen-bond acceptors (Lipinski definition) is 7. The molecule has 0 unspecified atom stereocenters. The van der Waals surface area contributed by atoms with E-state index in [4.69, 9.17) is 4.74 Å². The van der Waals surface area contributed by atoms with Gasteiger partial charge in [-0.25, -0.2) is 9.78 Å². The fourth-order valence-electron chi connectivity index (χ4n) is 2.81. The van der Waals surface area contributed by atoms with Crippen molar-refractivity contribution in [3.05, 3.63) is 41.9 Å². The van der Waals surface area contributed by atoms with Crippen molar-refractivity contribution in [3.63, 3.8) is 0 Å². The van der Waals surface area contributed by atoms with Crippen molar-refractivity contribution in [2.24, 2.45) is 0 Å². The van der Waals surface area contributed by atoms with Crippen LogP contribution in [0.3, 0.4) is 0 Å². The maximum Gasteiger partial charge on any atom is 0.409 e. The maximum absolute atomic E-state index is 11.8. The number of rotatable bonds is 5. The molecular weight excluding hydrogens is 332 g/mol. The Balaban J connectivity index is 1.62. The highest BCUT2D eigenvalue weighted by Crippen LogP contribution is 2.17. The normalized spacial score (nSPS) is 14.2. The van der Waals surface area contributed by atoms with Gasteiger partial charge in [-0.3, -0.25) is 4.98 Å². The first kappa shape index (κ1) is 17.9. The molecule has 1 aliphatic heterocycles. The number of carbonyl (C=O) groups is 1. The summed E-state index contributed by atoms with van der Waals surface area (Å²) in [4.78, 5) is 28.9. The lowest BCUT2D eigenvalue weighted by molar-refractivity contribution is 0.105. The van der Waals surface area contributed by atoms with Crippen LogP contribution in [0.5, 0.6) is 0 Å². The number of carbonyl (C=O) groups excluding carboxylic acids is 1. The molecule has 8 nitrogen and oxygen atoms in total. The summed E-state index contributed by atoms with van der Waals surface area (Å²) < 4.78 is 5.06. The molecular formula is C18H24N6O2. The van der Waals surface area contributed by atoms with E-state index < -0.39 is 0 Å². The summed E-state index contributed by atoms with van der Waals surface area (Å²) in [5.41, 5.74) is 1.97. The van der Waals surface area contributed by atoms with E-state index >= 15 is 0 Å². The second-order valence-electron chi connectivity index (χ2n) is 6.08. The van der Waals surface area contributed by atoms with Crippen LogP contribution in [0.4, 0.5) is 16.6 Å². The van der Waals surface area contributed by atoms with Gasteiger partial charge in [0.05, 0.1) is 6.61 Å². The summed E-state index contributed by atoms with van der Waals surface area (Å²) in [5.74, 6) is 1.46. The standard InChI is InChI=1S/C18H24N6O2/c1-3-26-18(25)24-9-7-23(8-10-24)16-11-14(2)21-17(22-16)20-13-15-5-4-6-19-12-15/h4-6,11-12H,3,7-10,13H2,1-2H3,(H,20,21,22). The molecule has 1 amide bonds. The van der Waals surface area contributed by atoms with Gasteiger partial charge in [-0.2, -0.15) is 4.98 Å². The monoisotopic (exact) mass is 356 g/mol. The fourth-order valence-corrected chi connectivity index (χ4v) is 2.81. The minimum Gasteiger partial charge on any atom is -0.450 e.